The SMILES string of the molecule is CC(C)C[C@H](N)C(=O)[C@@]1(C)CO1.COC[C@H](C)C(=O)O.COC[C@H](C)C(=O)OC.COC[C@H](CC(=O)[C@@H](C)COC)C(=O)OC.COC[C@H](CC(=O)[C@H](COC)NC(=O)c1cc(C)on1)C(=O)O.COC[C@H](CC(=O)[C@H](COC)NC(=O)c1cc(C)on1)C(=O)OC.COC[C@H](N)C(=O)O.Cc1cc(C(=O)O)no1. The minimum Gasteiger partial charge on any atom is -0.481 e. The number of nitrogens with zero attached hydrogens (tertiary/aromatic N) is 3. The number of aliphatic carboxylic acids is 3. The summed E-state index contributed by atoms with van der Waals surface area (Å²) in [7, 11) is 16.9. The third-order valence-corrected chi connectivity index (χ3v) is 14.1. The molecule has 4 rings (SSSR count). The van der Waals surface area contributed by atoms with Crippen molar-refractivity contribution in [3.05, 3.63) is 52.6 Å². The van der Waals surface area contributed by atoms with Crippen molar-refractivity contribution in [2.24, 2.45) is 52.9 Å². The molecular formula is C69H115N7O33. The second kappa shape index (κ2) is 60.9. The highest BCUT2D eigenvalue weighted by molar-refractivity contribution is 5.98. The number of Topliss-reactive ketones (excluding diaryl/α,β-unsaturated/α-hetero) is 4. The van der Waals surface area contributed by atoms with Crippen molar-refractivity contribution in [2.75, 3.05) is 151 Å². The van der Waals surface area contributed by atoms with Gasteiger partial charge in [-0.05, 0) is 53.9 Å². The van der Waals surface area contributed by atoms with Crippen molar-refractivity contribution in [1.82, 2.24) is 26.1 Å². The van der Waals surface area contributed by atoms with Crippen molar-refractivity contribution >= 4 is 76.7 Å². The largest absolute Gasteiger partial charge is 0.481 e. The molecule has 1 aliphatic rings. The molecule has 0 bridgehead atoms. The number of carboxylic acids is 4. The van der Waals surface area contributed by atoms with Gasteiger partial charge in [-0.15, -0.1) is 0 Å². The van der Waals surface area contributed by atoms with Gasteiger partial charge in [0.2, 0.25) is 0 Å². The van der Waals surface area contributed by atoms with Crippen molar-refractivity contribution in [3.8, 4) is 0 Å². The first kappa shape index (κ1) is 106. The zero-order chi connectivity index (χ0) is 84.7. The molecule has 2 amide bonds. The Morgan fingerprint density at radius 1 is 0.431 bits per heavy atom. The van der Waals surface area contributed by atoms with E-state index in [1.54, 1.807) is 55.6 Å². The molecule has 3 aromatic heterocycles. The number of nitrogens with one attached hydrogen (secondary N) is 2. The highest BCUT2D eigenvalue weighted by Crippen LogP contribution is 2.29. The summed E-state index contributed by atoms with van der Waals surface area (Å²) in [5.41, 5.74) is 10.2. The third-order valence-electron chi connectivity index (χ3n) is 14.1. The summed E-state index contributed by atoms with van der Waals surface area (Å²) in [5, 5.41) is 49.0. The van der Waals surface area contributed by atoms with E-state index >= 15 is 0 Å². The van der Waals surface area contributed by atoms with Crippen LogP contribution in [0.25, 0.3) is 0 Å². The quantitative estimate of drug-likeness (QED) is 0.0229. The highest BCUT2D eigenvalue weighted by atomic mass is 16.6. The maximum Gasteiger partial charge on any atom is 0.358 e. The smallest absolute Gasteiger partial charge is 0.358 e. The lowest BCUT2D eigenvalue weighted by Gasteiger charge is -2.19. The summed E-state index contributed by atoms with van der Waals surface area (Å²) in [6, 6.07) is 1.09. The first-order valence-electron chi connectivity index (χ1n) is 33.4. The van der Waals surface area contributed by atoms with E-state index < -0.39 is 94.9 Å². The van der Waals surface area contributed by atoms with Gasteiger partial charge in [0.15, 0.2) is 34.4 Å². The Bertz CT molecular complexity index is 3130. The molecule has 10 N–H and O–H groups in total. The average molecular weight is 1570 g/mol. The lowest BCUT2D eigenvalue weighted by atomic mass is 9.94. The predicted octanol–water partition coefficient (Wildman–Crippen LogP) is 2.06. The topological polar surface area (TPSA) is 580 Å². The zero-order valence-electron chi connectivity index (χ0n) is 66.1. The lowest BCUT2D eigenvalue weighted by Crippen LogP contribution is -2.45. The predicted molar refractivity (Wildman–Crippen MR) is 381 cm³/mol. The van der Waals surface area contributed by atoms with E-state index in [-0.39, 0.29) is 130 Å². The van der Waals surface area contributed by atoms with E-state index in [0.717, 1.165) is 6.42 Å². The molecule has 624 valence electrons. The molecule has 1 aliphatic heterocycles. The Labute approximate surface area is 633 Å². The van der Waals surface area contributed by atoms with Crippen LogP contribution in [-0.4, -0.2) is 294 Å². The summed E-state index contributed by atoms with van der Waals surface area (Å²) in [4.78, 5) is 147. The van der Waals surface area contributed by atoms with Gasteiger partial charge in [0.1, 0.15) is 46.8 Å². The first-order chi connectivity index (χ1) is 51.1. The van der Waals surface area contributed by atoms with Gasteiger partial charge in [0, 0.05) is 107 Å². The molecule has 0 radical (unpaired) electrons. The molecule has 0 saturated carbocycles. The van der Waals surface area contributed by atoms with Gasteiger partial charge in [-0.1, -0.05) is 36.2 Å². The minimum absolute atomic E-state index is 0.0192. The number of ketones is 4. The third kappa shape index (κ3) is 49.0. The molecule has 1 saturated heterocycles. The molecule has 3 aromatic rings. The number of carboxylic acid groups (broad SMARTS) is 4. The number of methoxy groups -OCH3 is 12. The van der Waals surface area contributed by atoms with Crippen LogP contribution < -0.4 is 22.1 Å². The van der Waals surface area contributed by atoms with Crippen molar-refractivity contribution in [3.63, 3.8) is 0 Å². The number of amides is 2. The normalized spacial score (nSPS) is 14.9. The standard InChI is InChI=1S/C15H22N2O7.C14H20N2O7.C11H20O5.C9H17NO2.C6H12O3.C5H5NO3.C5H10O3.C4H9NO3/c1-9-5-11(17-24-9)14(19)16-12(8-22-3)13(18)6-10(7-21-2)15(20)23-4;1-8-4-10(16-23-8)13(18)15-11(7-22-3)12(17)5-9(6-21-2)14(19)20;1-8(6-14-2)10(12)5-9(7-15-3)11(13)16-4;1-6(2)4-7(10)8(11)9(3)5-12-9;1-5(4-8-2)6(7)9-3;1-3-2-4(5(7)8)6-9-3;1-4(3-8-2)5(6)7;1-8-2-3(5)4(6)7/h5,10,12H,6-8H2,1-4H3,(H,16,19);4,9,11H,5-7H2,1-3H3,(H,15,18)(H,19,20);8-9H,5-7H2,1-4H3;6-7H,4-5,10H2,1-3H3;5H,4H2,1-3H3;2H,1H3,(H,7,8);4H,3H2,1-2H3,(H,6,7);3H,2,5H2,1H3,(H,6,7)/t10-,12-;9-,11-;8-,9-;7-,9+;5-;;4-;3-/m00000.00/s1. The number of carbonyl (C=O) groups excluding carboxylic acids is 9. The molecule has 4 heterocycles. The Morgan fingerprint density at radius 3 is 1.03 bits per heavy atom. The summed E-state index contributed by atoms with van der Waals surface area (Å²) in [6.07, 6.45) is 0.449. The number of aromatic carboxylic acids is 1. The molecule has 109 heavy (non-hydrogen) atoms. The number of nitrogens with two attached hydrogens (primary N) is 2. The van der Waals surface area contributed by atoms with Gasteiger partial charge in [-0.2, -0.15) is 0 Å². The van der Waals surface area contributed by atoms with E-state index in [0.29, 0.717) is 43.0 Å². The molecule has 11 atom stereocenters. The van der Waals surface area contributed by atoms with E-state index in [1.807, 2.05) is 0 Å². The molecule has 0 unspecified atom stereocenters. The second-order valence-electron chi connectivity index (χ2n) is 24.5. The van der Waals surface area contributed by atoms with Crippen molar-refractivity contribution in [1.29, 1.82) is 0 Å². The Morgan fingerprint density at radius 2 is 0.761 bits per heavy atom. The molecule has 40 heteroatoms. The Hall–Kier alpha value is -8.94. The van der Waals surface area contributed by atoms with Crippen LogP contribution in [0.2, 0.25) is 0 Å². The molecule has 1 fully saturated rings. The summed E-state index contributed by atoms with van der Waals surface area (Å²) >= 11 is 0. The molecule has 0 aliphatic carbocycles. The van der Waals surface area contributed by atoms with Crippen LogP contribution in [0.4, 0.5) is 0 Å². The fourth-order valence-electron chi connectivity index (χ4n) is 8.12. The number of carbonyl (C=O) groups is 13. The number of aryl methyl sites for hydroxylation is 3. The fraction of sp³-hybridized carbons (Fsp3) is 0.681. The van der Waals surface area contributed by atoms with Crippen LogP contribution >= 0.6 is 0 Å². The molecule has 0 spiro atoms. The van der Waals surface area contributed by atoms with E-state index in [9.17, 15) is 62.3 Å². The van der Waals surface area contributed by atoms with E-state index in [1.165, 1.54) is 96.4 Å². The van der Waals surface area contributed by atoms with Crippen LogP contribution in [0.3, 0.4) is 0 Å². The molecule has 0 aromatic carbocycles. The maximum atomic E-state index is 12.4. The fourth-order valence-corrected chi connectivity index (χ4v) is 8.12. The van der Waals surface area contributed by atoms with Crippen molar-refractivity contribution < 1.29 is 158 Å². The highest BCUT2D eigenvalue weighted by Gasteiger charge is 2.49. The van der Waals surface area contributed by atoms with Crippen LogP contribution in [0, 0.1) is 62.2 Å². The van der Waals surface area contributed by atoms with Gasteiger partial charge < -0.3 is 118 Å². The number of ether oxygens (including phenoxy) is 13. The number of aromatic nitrogens is 3. The Balaban J connectivity index is -0.000000600. The van der Waals surface area contributed by atoms with Crippen molar-refractivity contribution in [2.45, 2.75) is 118 Å². The minimum atomic E-state index is -1.14. The van der Waals surface area contributed by atoms with E-state index in [2.05, 4.69) is 68.2 Å². The summed E-state index contributed by atoms with van der Waals surface area (Å²) in [6.45, 7) is 17.6. The summed E-state index contributed by atoms with van der Waals surface area (Å²) < 4.78 is 76.0. The van der Waals surface area contributed by atoms with Crippen LogP contribution in [0.15, 0.2) is 31.8 Å². The molecule has 40 nitrogen and oxygen atoms in total. The second-order valence-corrected chi connectivity index (χ2v) is 24.5. The van der Waals surface area contributed by atoms with Gasteiger partial charge >= 0.3 is 41.8 Å². The number of epoxide rings is 1. The van der Waals surface area contributed by atoms with Gasteiger partial charge in [-0.3, -0.25) is 57.5 Å². The zero-order valence-corrected chi connectivity index (χ0v) is 66.1. The maximum absolute atomic E-state index is 12.4. The number of hydrogen-bond acceptors (Lipinski definition) is 34. The molecular weight excluding hydrogens is 1450 g/mol. The number of hydrogen-bond donors (Lipinski definition) is 8. The monoisotopic (exact) mass is 1570 g/mol. The summed E-state index contributed by atoms with van der Waals surface area (Å²) in [5.74, 6) is -8.35. The van der Waals surface area contributed by atoms with Crippen LogP contribution in [0.5, 0.6) is 0 Å². The van der Waals surface area contributed by atoms with Crippen LogP contribution in [-0.2, 0) is 110 Å². The lowest BCUT2D eigenvalue weighted by molar-refractivity contribution is -0.150. The van der Waals surface area contributed by atoms with Gasteiger partial charge in [-0.25, -0.2) is 4.79 Å². The van der Waals surface area contributed by atoms with Gasteiger partial charge in [0.25, 0.3) is 11.8 Å². The van der Waals surface area contributed by atoms with Crippen LogP contribution in [0.1, 0.15) is 116 Å². The Kier molecular flexibility index (Phi) is 59.5. The van der Waals surface area contributed by atoms with Gasteiger partial charge in [0.05, 0.1) is 123 Å². The number of rotatable bonds is 42. The van der Waals surface area contributed by atoms with E-state index in [4.69, 9.17) is 78.8 Å². The average Bonchev–Trinajstić information content (AvgIpc) is 1.65. The first-order valence-corrected chi connectivity index (χ1v) is 33.4. The number of esters is 3.